The predicted octanol–water partition coefficient (Wildman–Crippen LogP) is 0.792. The Morgan fingerprint density at radius 3 is 2.68 bits per heavy atom. The van der Waals surface area contributed by atoms with Crippen LogP contribution < -0.4 is 0 Å². The van der Waals surface area contributed by atoms with Crippen LogP contribution in [0.2, 0.25) is 0 Å². The second kappa shape index (κ2) is 6.00. The largest absolute Gasteiger partial charge is 0.463 e. The number of hydrogen-bond donors (Lipinski definition) is 0. The highest BCUT2D eigenvalue weighted by Gasteiger charge is 2.58. The van der Waals surface area contributed by atoms with E-state index in [2.05, 4.69) is 11.3 Å². The number of esters is 2. The van der Waals surface area contributed by atoms with Gasteiger partial charge in [0.1, 0.15) is 0 Å². The van der Waals surface area contributed by atoms with Crippen molar-refractivity contribution in [2.45, 2.75) is 37.5 Å². The fourth-order valence-electron chi connectivity index (χ4n) is 3.31. The van der Waals surface area contributed by atoms with Crippen LogP contribution in [0.4, 0.5) is 0 Å². The van der Waals surface area contributed by atoms with E-state index in [-0.39, 0.29) is 18.4 Å². The fourth-order valence-corrected chi connectivity index (χ4v) is 4.99. The maximum Gasteiger partial charge on any atom is 0.344 e. The van der Waals surface area contributed by atoms with Crippen LogP contribution in [-0.2, 0) is 33.4 Å². The summed E-state index contributed by atoms with van der Waals surface area (Å²) in [5.74, 6) is -1.39. The second-order valence-corrected chi connectivity index (χ2v) is 7.90. The SMILES string of the molecule is C=CC(=O)OCC(=O)OCC1CC2C(C)S(=O)(=O)OC2(C)C1. The van der Waals surface area contributed by atoms with Gasteiger partial charge in [0.15, 0.2) is 6.61 Å². The molecule has 0 aromatic carbocycles. The van der Waals surface area contributed by atoms with Crippen molar-refractivity contribution in [3.8, 4) is 0 Å². The minimum Gasteiger partial charge on any atom is -0.463 e. The standard InChI is InChI=1S/C14H20O7S/c1-4-12(15)20-8-13(16)19-7-10-5-11-9(2)22(17,18)21-14(11,3)6-10/h4,9-11H,1,5-8H2,2-3H3. The van der Waals surface area contributed by atoms with E-state index in [0.29, 0.717) is 12.8 Å². The van der Waals surface area contributed by atoms with Crippen molar-refractivity contribution in [1.82, 2.24) is 0 Å². The highest BCUT2D eigenvalue weighted by atomic mass is 32.2. The van der Waals surface area contributed by atoms with Crippen LogP contribution in [0.15, 0.2) is 12.7 Å². The molecule has 2 aliphatic rings. The van der Waals surface area contributed by atoms with Gasteiger partial charge in [-0.2, -0.15) is 8.42 Å². The molecular formula is C14H20O7S. The van der Waals surface area contributed by atoms with Gasteiger partial charge < -0.3 is 9.47 Å². The molecule has 7 nitrogen and oxygen atoms in total. The Morgan fingerprint density at radius 1 is 1.41 bits per heavy atom. The van der Waals surface area contributed by atoms with Gasteiger partial charge in [-0.25, -0.2) is 9.59 Å². The predicted molar refractivity (Wildman–Crippen MR) is 76.2 cm³/mol. The Labute approximate surface area is 129 Å². The number of fused-ring (bicyclic) bond motifs is 1. The van der Waals surface area contributed by atoms with Crippen molar-refractivity contribution in [2.24, 2.45) is 11.8 Å². The van der Waals surface area contributed by atoms with Crippen LogP contribution in [0.5, 0.6) is 0 Å². The van der Waals surface area contributed by atoms with Crippen LogP contribution in [-0.4, -0.2) is 44.4 Å². The number of carbonyl (C=O) groups is 2. The summed E-state index contributed by atoms with van der Waals surface area (Å²) >= 11 is 0. The molecule has 0 bridgehead atoms. The average Bonchev–Trinajstić information content (AvgIpc) is 2.84. The first-order valence-electron chi connectivity index (χ1n) is 7.07. The lowest BCUT2D eigenvalue weighted by atomic mass is 9.91. The molecule has 0 N–H and O–H groups in total. The van der Waals surface area contributed by atoms with Crippen LogP contribution in [0.3, 0.4) is 0 Å². The molecule has 0 amide bonds. The quantitative estimate of drug-likeness (QED) is 0.417. The molecule has 124 valence electrons. The molecule has 1 heterocycles. The summed E-state index contributed by atoms with van der Waals surface area (Å²) in [6.45, 7) is 6.35. The van der Waals surface area contributed by atoms with Crippen molar-refractivity contribution < 1.29 is 31.7 Å². The van der Waals surface area contributed by atoms with E-state index in [9.17, 15) is 18.0 Å². The van der Waals surface area contributed by atoms with E-state index >= 15 is 0 Å². The zero-order chi connectivity index (χ0) is 16.5. The molecule has 1 saturated heterocycles. The van der Waals surface area contributed by atoms with E-state index in [1.807, 2.05) is 0 Å². The maximum atomic E-state index is 11.8. The Kier molecular flexibility index (Phi) is 4.62. The first-order chi connectivity index (χ1) is 10.2. The number of hydrogen-bond acceptors (Lipinski definition) is 7. The fraction of sp³-hybridized carbons (Fsp3) is 0.714. The highest BCUT2D eigenvalue weighted by Crippen LogP contribution is 2.51. The molecule has 0 spiro atoms. The van der Waals surface area contributed by atoms with Gasteiger partial charge in [-0.1, -0.05) is 6.58 Å². The molecule has 4 unspecified atom stereocenters. The van der Waals surface area contributed by atoms with Gasteiger partial charge in [-0.05, 0) is 32.6 Å². The molecule has 2 rings (SSSR count). The molecule has 22 heavy (non-hydrogen) atoms. The van der Waals surface area contributed by atoms with Crippen LogP contribution >= 0.6 is 0 Å². The molecule has 0 radical (unpaired) electrons. The molecule has 1 aliphatic carbocycles. The van der Waals surface area contributed by atoms with Gasteiger partial charge in [0.05, 0.1) is 17.5 Å². The van der Waals surface area contributed by atoms with Gasteiger partial charge in [-0.15, -0.1) is 0 Å². The summed E-state index contributed by atoms with van der Waals surface area (Å²) in [6, 6.07) is 0. The summed E-state index contributed by atoms with van der Waals surface area (Å²) in [4.78, 5) is 22.3. The second-order valence-electron chi connectivity index (χ2n) is 6.00. The maximum absolute atomic E-state index is 11.8. The first kappa shape index (κ1) is 17.0. The molecule has 0 aromatic rings. The van der Waals surface area contributed by atoms with Crippen LogP contribution in [0, 0.1) is 11.8 Å². The van der Waals surface area contributed by atoms with Gasteiger partial charge >= 0.3 is 11.9 Å². The van der Waals surface area contributed by atoms with Crippen LogP contribution in [0.25, 0.3) is 0 Å². The molecule has 1 saturated carbocycles. The van der Waals surface area contributed by atoms with E-state index in [0.717, 1.165) is 6.08 Å². The minimum atomic E-state index is -3.49. The minimum absolute atomic E-state index is 0.0343. The number of carbonyl (C=O) groups excluding carboxylic acids is 2. The molecule has 8 heteroatoms. The van der Waals surface area contributed by atoms with E-state index in [4.69, 9.17) is 8.92 Å². The average molecular weight is 332 g/mol. The van der Waals surface area contributed by atoms with Crippen molar-refractivity contribution in [1.29, 1.82) is 0 Å². The van der Waals surface area contributed by atoms with Gasteiger partial charge in [0.2, 0.25) is 0 Å². The summed E-state index contributed by atoms with van der Waals surface area (Å²) in [6.07, 6.45) is 2.10. The Balaban J connectivity index is 1.82. The zero-order valence-corrected chi connectivity index (χ0v) is 13.4. The summed E-state index contributed by atoms with van der Waals surface area (Å²) in [5, 5.41) is -0.549. The van der Waals surface area contributed by atoms with Crippen molar-refractivity contribution in [3.05, 3.63) is 12.7 Å². The van der Waals surface area contributed by atoms with Crippen LogP contribution in [0.1, 0.15) is 26.7 Å². The lowest BCUT2D eigenvalue weighted by Gasteiger charge is -2.20. The number of ether oxygens (including phenoxy) is 2. The molecule has 2 fully saturated rings. The lowest BCUT2D eigenvalue weighted by molar-refractivity contribution is -0.157. The first-order valence-corrected chi connectivity index (χ1v) is 8.54. The summed E-state index contributed by atoms with van der Waals surface area (Å²) in [7, 11) is -3.49. The number of rotatable bonds is 5. The third-order valence-corrected chi connectivity index (χ3v) is 6.23. The topological polar surface area (TPSA) is 96.0 Å². The van der Waals surface area contributed by atoms with Crippen molar-refractivity contribution >= 4 is 22.1 Å². The monoisotopic (exact) mass is 332 g/mol. The molecule has 4 atom stereocenters. The highest BCUT2D eigenvalue weighted by molar-refractivity contribution is 7.87. The summed E-state index contributed by atoms with van der Waals surface area (Å²) in [5.41, 5.74) is -0.718. The third kappa shape index (κ3) is 3.33. The lowest BCUT2D eigenvalue weighted by Crippen LogP contribution is -2.28. The molecule has 1 aliphatic heterocycles. The van der Waals surface area contributed by atoms with E-state index in [1.54, 1.807) is 13.8 Å². The smallest absolute Gasteiger partial charge is 0.344 e. The van der Waals surface area contributed by atoms with Gasteiger partial charge in [0.25, 0.3) is 10.1 Å². The van der Waals surface area contributed by atoms with E-state index < -0.39 is 39.5 Å². The Morgan fingerprint density at radius 2 is 2.09 bits per heavy atom. The molecular weight excluding hydrogens is 312 g/mol. The zero-order valence-electron chi connectivity index (χ0n) is 12.6. The Hall–Kier alpha value is -1.41. The molecule has 0 aromatic heterocycles. The third-order valence-electron chi connectivity index (χ3n) is 4.37. The van der Waals surface area contributed by atoms with Crippen molar-refractivity contribution in [3.63, 3.8) is 0 Å². The Bertz CT molecular complexity index is 582. The van der Waals surface area contributed by atoms with Gasteiger partial charge in [0, 0.05) is 12.0 Å². The normalized spacial score (nSPS) is 35.6. The summed E-state index contributed by atoms with van der Waals surface area (Å²) < 4.78 is 38.4. The van der Waals surface area contributed by atoms with E-state index in [1.165, 1.54) is 0 Å². The van der Waals surface area contributed by atoms with Crippen molar-refractivity contribution in [2.75, 3.05) is 13.2 Å². The van der Waals surface area contributed by atoms with Gasteiger partial charge in [-0.3, -0.25) is 4.18 Å².